The minimum absolute atomic E-state index is 0.798. The third-order valence-electron chi connectivity index (χ3n) is 4.00. The van der Waals surface area contributed by atoms with Crippen LogP contribution in [0.2, 0.25) is 0 Å². The minimum Gasteiger partial charge on any atom is -0.370 e. The van der Waals surface area contributed by atoms with Crippen LogP contribution < -0.4 is 10.6 Å². The molecule has 3 rings (SSSR count). The lowest BCUT2D eigenvalue weighted by atomic mass is 10.0. The van der Waals surface area contributed by atoms with E-state index < -0.39 is 0 Å². The molecule has 2 N–H and O–H groups in total. The van der Waals surface area contributed by atoms with Crippen LogP contribution in [0.5, 0.6) is 0 Å². The number of fused-ring (bicyclic) bond motifs is 1. The van der Waals surface area contributed by atoms with Crippen molar-refractivity contribution in [2.45, 2.75) is 32.1 Å². The van der Waals surface area contributed by atoms with Gasteiger partial charge in [-0.3, -0.25) is 0 Å². The molecule has 0 saturated heterocycles. The molecule has 0 bridgehead atoms. The number of para-hydroxylation sites is 1. The molecule has 1 aliphatic carbocycles. The van der Waals surface area contributed by atoms with Gasteiger partial charge in [0.2, 0.25) is 0 Å². The Balaban J connectivity index is 1.82. The molecule has 0 atom stereocenters. The van der Waals surface area contributed by atoms with E-state index in [0.717, 1.165) is 25.3 Å². The number of hydrogen-bond donors (Lipinski definition) is 1. The molecule has 1 aliphatic heterocycles. The van der Waals surface area contributed by atoms with Crippen molar-refractivity contribution in [3.8, 4) is 0 Å². The molecule has 0 radical (unpaired) electrons. The molecular formula is C15H22N2. The Kier molecular flexibility index (Phi) is 3.06. The van der Waals surface area contributed by atoms with E-state index in [1.807, 2.05) is 0 Å². The van der Waals surface area contributed by atoms with Crippen LogP contribution in [0.1, 0.15) is 30.4 Å². The van der Waals surface area contributed by atoms with Gasteiger partial charge in [-0.25, -0.2) is 0 Å². The van der Waals surface area contributed by atoms with Crippen LogP contribution in [-0.2, 0) is 12.8 Å². The Morgan fingerprint density at radius 1 is 1.29 bits per heavy atom. The molecule has 1 aromatic rings. The third-order valence-corrected chi connectivity index (χ3v) is 4.00. The molecular weight excluding hydrogens is 208 g/mol. The zero-order valence-corrected chi connectivity index (χ0v) is 10.5. The van der Waals surface area contributed by atoms with Gasteiger partial charge >= 0.3 is 0 Å². The number of nitrogens with two attached hydrogens (primary N) is 1. The standard InChI is InChI=1S/C15H22N2/c16-9-2-5-13-3-1-4-14-8-10-17(15(13)14)11-12-6-7-12/h1,3-4,12H,2,5-11,16H2. The second-order valence-electron chi connectivity index (χ2n) is 5.46. The highest BCUT2D eigenvalue weighted by Gasteiger charge is 2.28. The van der Waals surface area contributed by atoms with Crippen LogP contribution in [0.25, 0.3) is 0 Å². The lowest BCUT2D eigenvalue weighted by molar-refractivity contribution is 0.741. The Bertz CT molecular complexity index is 396. The largest absolute Gasteiger partial charge is 0.370 e. The number of benzene rings is 1. The molecule has 17 heavy (non-hydrogen) atoms. The van der Waals surface area contributed by atoms with Crippen molar-refractivity contribution >= 4 is 5.69 Å². The van der Waals surface area contributed by atoms with Crippen molar-refractivity contribution in [2.75, 3.05) is 24.5 Å². The summed E-state index contributed by atoms with van der Waals surface area (Å²) in [6.45, 7) is 3.31. The Morgan fingerprint density at radius 2 is 2.18 bits per heavy atom. The zero-order chi connectivity index (χ0) is 11.7. The normalized spacial score (nSPS) is 18.5. The van der Waals surface area contributed by atoms with Crippen LogP contribution in [0.4, 0.5) is 5.69 Å². The van der Waals surface area contributed by atoms with E-state index in [4.69, 9.17) is 5.73 Å². The van der Waals surface area contributed by atoms with Crippen LogP contribution in [0.3, 0.4) is 0 Å². The predicted octanol–water partition coefficient (Wildman–Crippen LogP) is 2.35. The summed E-state index contributed by atoms with van der Waals surface area (Å²) in [5.41, 5.74) is 10.3. The van der Waals surface area contributed by atoms with Gasteiger partial charge in [-0.05, 0) is 55.7 Å². The Morgan fingerprint density at radius 3 is 2.94 bits per heavy atom. The summed E-state index contributed by atoms with van der Waals surface area (Å²) in [4.78, 5) is 2.62. The maximum absolute atomic E-state index is 5.63. The maximum Gasteiger partial charge on any atom is 0.0432 e. The van der Waals surface area contributed by atoms with Gasteiger partial charge in [0.25, 0.3) is 0 Å². The summed E-state index contributed by atoms with van der Waals surface area (Å²) < 4.78 is 0. The fraction of sp³-hybridized carbons (Fsp3) is 0.600. The highest BCUT2D eigenvalue weighted by molar-refractivity contribution is 5.63. The van der Waals surface area contributed by atoms with Crippen LogP contribution in [0.15, 0.2) is 18.2 Å². The van der Waals surface area contributed by atoms with E-state index in [-0.39, 0.29) is 0 Å². The van der Waals surface area contributed by atoms with Crippen molar-refractivity contribution in [1.29, 1.82) is 0 Å². The number of rotatable bonds is 5. The molecule has 92 valence electrons. The van der Waals surface area contributed by atoms with Crippen molar-refractivity contribution < 1.29 is 0 Å². The first-order valence-electron chi connectivity index (χ1n) is 6.94. The second-order valence-corrected chi connectivity index (χ2v) is 5.46. The molecule has 0 aromatic heterocycles. The van der Waals surface area contributed by atoms with E-state index in [1.54, 1.807) is 11.3 Å². The molecule has 1 fully saturated rings. The third kappa shape index (κ3) is 2.32. The first-order chi connectivity index (χ1) is 8.38. The minimum atomic E-state index is 0.798. The molecule has 2 heteroatoms. The van der Waals surface area contributed by atoms with Gasteiger partial charge < -0.3 is 10.6 Å². The molecule has 0 unspecified atom stereocenters. The molecule has 1 saturated carbocycles. The van der Waals surface area contributed by atoms with Gasteiger partial charge in [0, 0.05) is 18.8 Å². The van der Waals surface area contributed by atoms with Gasteiger partial charge in [-0.2, -0.15) is 0 Å². The maximum atomic E-state index is 5.63. The Labute approximate surface area is 104 Å². The molecule has 0 amide bonds. The number of hydrogen-bond acceptors (Lipinski definition) is 2. The first-order valence-corrected chi connectivity index (χ1v) is 6.94. The van der Waals surface area contributed by atoms with Gasteiger partial charge in [0.05, 0.1) is 0 Å². The summed E-state index contributed by atoms with van der Waals surface area (Å²) in [7, 11) is 0. The van der Waals surface area contributed by atoms with Gasteiger partial charge in [0.1, 0.15) is 0 Å². The SMILES string of the molecule is NCCCc1cccc2c1N(CC1CC1)CC2. The molecule has 1 aromatic carbocycles. The van der Waals surface area contributed by atoms with Gasteiger partial charge in [-0.1, -0.05) is 18.2 Å². The topological polar surface area (TPSA) is 29.3 Å². The Hall–Kier alpha value is -1.02. The summed E-state index contributed by atoms with van der Waals surface area (Å²) in [6, 6.07) is 6.80. The molecule has 2 nitrogen and oxygen atoms in total. The molecule has 1 heterocycles. The smallest absolute Gasteiger partial charge is 0.0432 e. The number of aryl methyl sites for hydroxylation is 1. The van der Waals surface area contributed by atoms with Crippen molar-refractivity contribution in [2.24, 2.45) is 11.7 Å². The van der Waals surface area contributed by atoms with Crippen molar-refractivity contribution in [3.05, 3.63) is 29.3 Å². The van der Waals surface area contributed by atoms with Crippen LogP contribution >= 0.6 is 0 Å². The zero-order valence-electron chi connectivity index (χ0n) is 10.5. The quantitative estimate of drug-likeness (QED) is 0.841. The predicted molar refractivity (Wildman–Crippen MR) is 72.5 cm³/mol. The van der Waals surface area contributed by atoms with E-state index in [1.165, 1.54) is 37.9 Å². The lowest BCUT2D eigenvalue weighted by Crippen LogP contribution is -2.24. The lowest BCUT2D eigenvalue weighted by Gasteiger charge is -2.22. The number of anilines is 1. The average Bonchev–Trinajstić information content (AvgIpc) is 3.07. The highest BCUT2D eigenvalue weighted by atomic mass is 15.2. The summed E-state index contributed by atoms with van der Waals surface area (Å²) >= 11 is 0. The van der Waals surface area contributed by atoms with E-state index >= 15 is 0 Å². The highest BCUT2D eigenvalue weighted by Crippen LogP contribution is 2.37. The fourth-order valence-corrected chi connectivity index (χ4v) is 2.91. The fourth-order valence-electron chi connectivity index (χ4n) is 2.91. The van der Waals surface area contributed by atoms with Gasteiger partial charge in [0.15, 0.2) is 0 Å². The van der Waals surface area contributed by atoms with Gasteiger partial charge in [-0.15, -0.1) is 0 Å². The summed E-state index contributed by atoms with van der Waals surface area (Å²) in [5, 5.41) is 0. The average molecular weight is 230 g/mol. The summed E-state index contributed by atoms with van der Waals surface area (Å²) in [5.74, 6) is 0.975. The van der Waals surface area contributed by atoms with Crippen molar-refractivity contribution in [3.63, 3.8) is 0 Å². The van der Waals surface area contributed by atoms with Crippen molar-refractivity contribution in [1.82, 2.24) is 0 Å². The van der Waals surface area contributed by atoms with E-state index in [0.29, 0.717) is 0 Å². The van der Waals surface area contributed by atoms with E-state index in [2.05, 4.69) is 23.1 Å². The molecule has 0 spiro atoms. The molecule has 2 aliphatic rings. The van der Waals surface area contributed by atoms with E-state index in [9.17, 15) is 0 Å². The second kappa shape index (κ2) is 4.69. The number of nitrogens with zero attached hydrogens (tertiary/aromatic N) is 1. The van der Waals surface area contributed by atoms with Crippen LogP contribution in [-0.4, -0.2) is 19.6 Å². The monoisotopic (exact) mass is 230 g/mol. The van der Waals surface area contributed by atoms with Crippen LogP contribution in [0, 0.1) is 5.92 Å². The first kappa shape index (κ1) is 11.1. The summed E-state index contributed by atoms with van der Waals surface area (Å²) in [6.07, 6.45) is 6.36.